The molecule has 0 unspecified atom stereocenters. The van der Waals surface area contributed by atoms with Crippen molar-refractivity contribution >= 4 is 17.5 Å². The van der Waals surface area contributed by atoms with Gasteiger partial charge in [0.15, 0.2) is 0 Å². The minimum Gasteiger partial charge on any atom is -0.496 e. The quantitative estimate of drug-likeness (QED) is 0.891. The lowest BCUT2D eigenvalue weighted by Crippen LogP contribution is -2.24. The van der Waals surface area contributed by atoms with Gasteiger partial charge in [0.1, 0.15) is 5.75 Å². The minimum atomic E-state index is -0.254. The van der Waals surface area contributed by atoms with Crippen molar-refractivity contribution in [3.63, 3.8) is 0 Å². The summed E-state index contributed by atoms with van der Waals surface area (Å²) in [5.74, 6) is 0.248. The Morgan fingerprint density at radius 3 is 2.45 bits per heavy atom. The first kappa shape index (κ1) is 15.6. The third-order valence-corrected chi connectivity index (χ3v) is 3.11. The number of methoxy groups -OCH3 is 1. The van der Waals surface area contributed by atoms with E-state index < -0.39 is 0 Å². The van der Waals surface area contributed by atoms with Crippen molar-refractivity contribution in [3.05, 3.63) is 59.7 Å². The van der Waals surface area contributed by atoms with Crippen LogP contribution in [0.2, 0.25) is 0 Å². The topological polar surface area (TPSA) is 67.4 Å². The molecule has 0 bridgehead atoms. The highest BCUT2D eigenvalue weighted by atomic mass is 16.5. The molecule has 22 heavy (non-hydrogen) atoms. The third kappa shape index (κ3) is 3.85. The van der Waals surface area contributed by atoms with Crippen LogP contribution in [-0.4, -0.2) is 18.9 Å². The summed E-state index contributed by atoms with van der Waals surface area (Å²) in [4.78, 5) is 23.5. The predicted octanol–water partition coefficient (Wildman–Crippen LogP) is 2.58. The summed E-state index contributed by atoms with van der Waals surface area (Å²) < 4.78 is 5.25. The number of carbonyl (C=O) groups is 2. The van der Waals surface area contributed by atoms with Gasteiger partial charge in [-0.05, 0) is 18.2 Å². The second kappa shape index (κ2) is 7.26. The SMILES string of the molecule is COc1ccccc1CNC(=O)c1ccccc1NC(C)=O. The number of anilines is 1. The standard InChI is InChI=1S/C17H18N2O3/c1-12(20)19-15-9-5-4-8-14(15)17(21)18-11-13-7-3-6-10-16(13)22-2/h3-10H,11H2,1-2H3,(H,18,21)(H,19,20). The zero-order valence-corrected chi connectivity index (χ0v) is 12.6. The van der Waals surface area contributed by atoms with Gasteiger partial charge >= 0.3 is 0 Å². The fourth-order valence-corrected chi connectivity index (χ4v) is 2.10. The first-order valence-corrected chi connectivity index (χ1v) is 6.88. The highest BCUT2D eigenvalue weighted by molar-refractivity contribution is 6.03. The van der Waals surface area contributed by atoms with Crippen molar-refractivity contribution in [2.24, 2.45) is 0 Å². The van der Waals surface area contributed by atoms with Gasteiger partial charge in [-0.25, -0.2) is 0 Å². The van der Waals surface area contributed by atoms with E-state index in [-0.39, 0.29) is 11.8 Å². The molecule has 2 rings (SSSR count). The van der Waals surface area contributed by atoms with E-state index in [9.17, 15) is 9.59 Å². The first-order valence-electron chi connectivity index (χ1n) is 6.88. The molecule has 0 aliphatic rings. The van der Waals surface area contributed by atoms with E-state index in [0.717, 1.165) is 11.3 Å². The third-order valence-electron chi connectivity index (χ3n) is 3.11. The molecule has 114 valence electrons. The van der Waals surface area contributed by atoms with E-state index in [1.54, 1.807) is 31.4 Å². The minimum absolute atomic E-state index is 0.218. The molecule has 0 aliphatic carbocycles. The van der Waals surface area contributed by atoms with Crippen molar-refractivity contribution in [1.82, 2.24) is 5.32 Å². The first-order chi connectivity index (χ1) is 10.6. The number of para-hydroxylation sites is 2. The molecule has 0 saturated heterocycles. The number of hydrogen-bond donors (Lipinski definition) is 2. The van der Waals surface area contributed by atoms with E-state index >= 15 is 0 Å². The van der Waals surface area contributed by atoms with Crippen LogP contribution in [0, 0.1) is 0 Å². The Balaban J connectivity index is 2.11. The molecule has 0 fully saturated rings. The Hall–Kier alpha value is -2.82. The fraction of sp³-hybridized carbons (Fsp3) is 0.176. The molecule has 0 atom stereocenters. The van der Waals surface area contributed by atoms with Gasteiger partial charge in [-0.2, -0.15) is 0 Å². The van der Waals surface area contributed by atoms with Crippen LogP contribution in [-0.2, 0) is 11.3 Å². The Morgan fingerprint density at radius 2 is 1.73 bits per heavy atom. The average Bonchev–Trinajstić information content (AvgIpc) is 2.52. The molecule has 5 nitrogen and oxygen atoms in total. The Labute approximate surface area is 129 Å². The second-order valence-electron chi connectivity index (χ2n) is 4.72. The molecule has 5 heteroatoms. The maximum atomic E-state index is 12.3. The van der Waals surface area contributed by atoms with Crippen LogP contribution in [0.25, 0.3) is 0 Å². The summed E-state index contributed by atoms with van der Waals surface area (Å²) in [6, 6.07) is 14.4. The van der Waals surface area contributed by atoms with Crippen molar-refractivity contribution in [2.45, 2.75) is 13.5 Å². The van der Waals surface area contributed by atoms with E-state index in [4.69, 9.17) is 4.74 Å². The smallest absolute Gasteiger partial charge is 0.253 e. The molecule has 2 aromatic rings. The molecular weight excluding hydrogens is 280 g/mol. The van der Waals surface area contributed by atoms with E-state index in [1.165, 1.54) is 6.92 Å². The Kier molecular flexibility index (Phi) is 5.14. The molecule has 2 N–H and O–H groups in total. The maximum Gasteiger partial charge on any atom is 0.253 e. The van der Waals surface area contributed by atoms with Crippen LogP contribution in [0.3, 0.4) is 0 Å². The van der Waals surface area contributed by atoms with E-state index in [1.807, 2.05) is 24.3 Å². The molecule has 2 amide bonds. The van der Waals surface area contributed by atoms with Crippen LogP contribution < -0.4 is 15.4 Å². The number of rotatable bonds is 5. The van der Waals surface area contributed by atoms with Crippen molar-refractivity contribution < 1.29 is 14.3 Å². The average molecular weight is 298 g/mol. The predicted molar refractivity (Wildman–Crippen MR) is 84.9 cm³/mol. The monoisotopic (exact) mass is 298 g/mol. The number of amides is 2. The summed E-state index contributed by atoms with van der Waals surface area (Å²) in [6.07, 6.45) is 0. The normalized spacial score (nSPS) is 9.91. The highest BCUT2D eigenvalue weighted by Gasteiger charge is 2.12. The van der Waals surface area contributed by atoms with Gasteiger partial charge in [0.2, 0.25) is 5.91 Å². The second-order valence-corrected chi connectivity index (χ2v) is 4.72. The van der Waals surface area contributed by atoms with Gasteiger partial charge in [-0.1, -0.05) is 30.3 Å². The van der Waals surface area contributed by atoms with Crippen LogP contribution in [0.5, 0.6) is 5.75 Å². The summed E-state index contributed by atoms with van der Waals surface area (Å²) >= 11 is 0. The number of carbonyl (C=O) groups excluding carboxylic acids is 2. The van der Waals surface area contributed by atoms with Crippen molar-refractivity contribution in [3.8, 4) is 5.75 Å². The van der Waals surface area contributed by atoms with Gasteiger partial charge < -0.3 is 15.4 Å². The number of nitrogens with one attached hydrogen (secondary N) is 2. The van der Waals surface area contributed by atoms with Crippen LogP contribution in [0.4, 0.5) is 5.69 Å². The summed E-state index contributed by atoms with van der Waals surface area (Å²) in [5.41, 5.74) is 1.80. The molecule has 0 heterocycles. The van der Waals surface area contributed by atoms with Crippen molar-refractivity contribution in [1.29, 1.82) is 0 Å². The lowest BCUT2D eigenvalue weighted by molar-refractivity contribution is -0.114. The van der Waals surface area contributed by atoms with Gasteiger partial charge in [0, 0.05) is 19.0 Å². The fourth-order valence-electron chi connectivity index (χ4n) is 2.10. The molecule has 0 saturated carbocycles. The Bertz CT molecular complexity index is 683. The van der Waals surface area contributed by atoms with Gasteiger partial charge in [-0.15, -0.1) is 0 Å². The lowest BCUT2D eigenvalue weighted by Gasteiger charge is -2.12. The molecular formula is C17H18N2O3. The number of hydrogen-bond acceptors (Lipinski definition) is 3. The van der Waals surface area contributed by atoms with Crippen molar-refractivity contribution in [2.75, 3.05) is 12.4 Å². The summed E-state index contributed by atoms with van der Waals surface area (Å²) in [7, 11) is 1.59. The van der Waals surface area contributed by atoms with E-state index in [0.29, 0.717) is 17.8 Å². The van der Waals surface area contributed by atoms with Crippen LogP contribution in [0.1, 0.15) is 22.8 Å². The molecule has 0 aliphatic heterocycles. The molecule has 0 spiro atoms. The van der Waals surface area contributed by atoms with E-state index in [2.05, 4.69) is 10.6 Å². The molecule has 0 aromatic heterocycles. The van der Waals surface area contributed by atoms with Gasteiger partial charge in [0.05, 0.1) is 18.4 Å². The molecule has 2 aromatic carbocycles. The molecule has 0 radical (unpaired) electrons. The highest BCUT2D eigenvalue weighted by Crippen LogP contribution is 2.18. The zero-order chi connectivity index (χ0) is 15.9. The maximum absolute atomic E-state index is 12.3. The van der Waals surface area contributed by atoms with Crippen LogP contribution >= 0.6 is 0 Å². The Morgan fingerprint density at radius 1 is 1.05 bits per heavy atom. The number of benzene rings is 2. The summed E-state index contributed by atoms with van der Waals surface area (Å²) in [5, 5.41) is 5.48. The number of ether oxygens (including phenoxy) is 1. The van der Waals surface area contributed by atoms with Gasteiger partial charge in [0.25, 0.3) is 5.91 Å². The lowest BCUT2D eigenvalue weighted by atomic mass is 10.1. The zero-order valence-electron chi connectivity index (χ0n) is 12.6. The van der Waals surface area contributed by atoms with Crippen LogP contribution in [0.15, 0.2) is 48.5 Å². The summed E-state index contributed by atoms with van der Waals surface area (Å²) in [6.45, 7) is 1.75. The van der Waals surface area contributed by atoms with Gasteiger partial charge in [-0.3, -0.25) is 9.59 Å². The largest absolute Gasteiger partial charge is 0.496 e.